The van der Waals surface area contributed by atoms with Gasteiger partial charge in [0.05, 0.1) is 18.3 Å². The van der Waals surface area contributed by atoms with Crippen LogP contribution in [0.25, 0.3) is 0 Å². The second-order valence-electron chi connectivity index (χ2n) is 11.6. The van der Waals surface area contributed by atoms with Crippen LogP contribution >= 0.6 is 0 Å². The van der Waals surface area contributed by atoms with Gasteiger partial charge in [-0.1, -0.05) is 37.1 Å². The number of fused-ring (bicyclic) bond motifs is 5. The van der Waals surface area contributed by atoms with Crippen molar-refractivity contribution in [1.29, 1.82) is 0 Å². The minimum atomic E-state index is -0.615. The molecular weight excluding hydrogens is 388 g/mol. The van der Waals surface area contributed by atoms with Crippen LogP contribution in [-0.4, -0.2) is 82.7 Å². The number of piperazine rings is 1. The zero-order chi connectivity index (χ0) is 21.9. The van der Waals surface area contributed by atoms with E-state index < -0.39 is 5.60 Å². The molecule has 0 radical (unpaired) electrons. The molecule has 1 heterocycles. The van der Waals surface area contributed by atoms with E-state index in [0.29, 0.717) is 11.8 Å². The Labute approximate surface area is 187 Å². The van der Waals surface area contributed by atoms with Crippen molar-refractivity contribution in [3.05, 3.63) is 23.3 Å². The second kappa shape index (κ2) is 7.95. The smallest absolute Gasteiger partial charge is 0.0833 e. The Morgan fingerprint density at radius 1 is 0.935 bits per heavy atom. The summed E-state index contributed by atoms with van der Waals surface area (Å²) in [5.41, 5.74) is 2.59. The molecule has 0 bridgehead atoms. The van der Waals surface area contributed by atoms with Crippen LogP contribution in [0.4, 0.5) is 0 Å². The van der Waals surface area contributed by atoms with Gasteiger partial charge in [0.2, 0.25) is 0 Å². The molecule has 174 valence electrons. The van der Waals surface area contributed by atoms with Crippen LogP contribution in [0.5, 0.6) is 0 Å². The molecule has 3 saturated carbocycles. The maximum Gasteiger partial charge on any atom is 0.0833 e. The van der Waals surface area contributed by atoms with Crippen molar-refractivity contribution in [3.8, 4) is 0 Å². The molecule has 4 aliphatic carbocycles. The first-order chi connectivity index (χ1) is 14.8. The molecule has 5 nitrogen and oxygen atoms in total. The third-order valence-corrected chi connectivity index (χ3v) is 10.2. The van der Waals surface area contributed by atoms with Crippen molar-refractivity contribution >= 4 is 0 Å². The van der Waals surface area contributed by atoms with Crippen LogP contribution in [0.15, 0.2) is 23.3 Å². The Hall–Kier alpha value is -0.720. The number of aliphatic hydroxyl groups is 3. The molecule has 5 aliphatic rings. The zero-order valence-electron chi connectivity index (χ0n) is 19.5. The molecule has 0 amide bonds. The lowest BCUT2D eigenvalue weighted by Gasteiger charge is -2.56. The van der Waals surface area contributed by atoms with Gasteiger partial charge < -0.3 is 15.3 Å². The van der Waals surface area contributed by atoms with Crippen LogP contribution < -0.4 is 0 Å². The third-order valence-electron chi connectivity index (χ3n) is 10.2. The van der Waals surface area contributed by atoms with Gasteiger partial charge in [0.25, 0.3) is 0 Å². The summed E-state index contributed by atoms with van der Waals surface area (Å²) in [6, 6.07) is 0. The van der Waals surface area contributed by atoms with Gasteiger partial charge in [-0.3, -0.25) is 9.80 Å². The van der Waals surface area contributed by atoms with Gasteiger partial charge in [0.15, 0.2) is 0 Å². The number of hydrogen-bond acceptors (Lipinski definition) is 5. The molecule has 0 aromatic carbocycles. The first-order valence-electron chi connectivity index (χ1n) is 12.7. The number of rotatable bonds is 4. The minimum Gasteiger partial charge on any atom is -0.395 e. The van der Waals surface area contributed by atoms with Crippen molar-refractivity contribution in [1.82, 2.24) is 9.80 Å². The molecule has 0 aromatic rings. The van der Waals surface area contributed by atoms with E-state index in [2.05, 4.69) is 35.8 Å². The Morgan fingerprint density at radius 2 is 1.65 bits per heavy atom. The van der Waals surface area contributed by atoms with Crippen LogP contribution in [0, 0.1) is 22.7 Å². The molecule has 4 fully saturated rings. The fourth-order valence-corrected chi connectivity index (χ4v) is 8.04. The highest BCUT2D eigenvalue weighted by Gasteiger charge is 2.62. The van der Waals surface area contributed by atoms with E-state index in [1.54, 1.807) is 5.57 Å². The molecule has 5 rings (SSSR count). The average Bonchev–Trinajstić information content (AvgIpc) is 3.01. The van der Waals surface area contributed by atoms with Gasteiger partial charge in [-0.05, 0) is 62.2 Å². The molecule has 0 spiro atoms. The summed E-state index contributed by atoms with van der Waals surface area (Å²) in [6.07, 6.45) is 11.7. The lowest BCUT2D eigenvalue weighted by Crippen LogP contribution is -2.58. The average molecular weight is 431 g/mol. The Bertz CT molecular complexity index is 758. The predicted octanol–water partition coefficient (Wildman–Crippen LogP) is 2.57. The molecule has 31 heavy (non-hydrogen) atoms. The van der Waals surface area contributed by atoms with E-state index in [-0.39, 0.29) is 23.5 Å². The Balaban J connectivity index is 1.34. The first kappa shape index (κ1) is 22.1. The highest BCUT2D eigenvalue weighted by atomic mass is 16.3. The standard InChI is InChI=1S/C26H42N2O3/c1-24-8-5-20(30)17-19(24)3-4-21-22(24)6-9-25(2)23(21)7-10-26(25,31)18-28-13-11-27(12-14-28)15-16-29/h3-4,20,22-23,29-31H,5-18H2,1-2H3. The van der Waals surface area contributed by atoms with Crippen molar-refractivity contribution in [2.24, 2.45) is 22.7 Å². The van der Waals surface area contributed by atoms with Gasteiger partial charge in [-0.15, -0.1) is 0 Å². The van der Waals surface area contributed by atoms with E-state index in [1.165, 1.54) is 5.57 Å². The Morgan fingerprint density at radius 3 is 2.39 bits per heavy atom. The maximum atomic E-state index is 12.0. The molecular formula is C26H42N2O3. The van der Waals surface area contributed by atoms with Crippen LogP contribution in [-0.2, 0) is 0 Å². The molecule has 1 aliphatic heterocycles. The number of allylic oxidation sites excluding steroid dienone is 3. The number of nitrogens with zero attached hydrogens (tertiary/aromatic N) is 2. The highest BCUT2D eigenvalue weighted by Crippen LogP contribution is 2.65. The van der Waals surface area contributed by atoms with E-state index >= 15 is 0 Å². The van der Waals surface area contributed by atoms with Gasteiger partial charge in [-0.25, -0.2) is 0 Å². The lowest BCUT2D eigenvalue weighted by molar-refractivity contribution is -0.106. The van der Waals surface area contributed by atoms with Crippen molar-refractivity contribution < 1.29 is 15.3 Å². The zero-order valence-corrected chi connectivity index (χ0v) is 19.5. The topological polar surface area (TPSA) is 67.2 Å². The van der Waals surface area contributed by atoms with E-state index in [1.807, 2.05) is 0 Å². The minimum absolute atomic E-state index is 0.0482. The van der Waals surface area contributed by atoms with Crippen molar-refractivity contribution in [3.63, 3.8) is 0 Å². The fraction of sp³-hybridized carbons (Fsp3) is 0.846. The lowest BCUT2D eigenvalue weighted by atomic mass is 9.50. The monoisotopic (exact) mass is 430 g/mol. The van der Waals surface area contributed by atoms with Crippen molar-refractivity contribution in [2.45, 2.75) is 70.5 Å². The summed E-state index contributed by atoms with van der Waals surface area (Å²) in [6.45, 7) is 10.5. The van der Waals surface area contributed by atoms with Gasteiger partial charge >= 0.3 is 0 Å². The molecule has 6 atom stereocenters. The van der Waals surface area contributed by atoms with Crippen LogP contribution in [0.3, 0.4) is 0 Å². The quantitative estimate of drug-likeness (QED) is 0.640. The summed E-state index contributed by atoms with van der Waals surface area (Å²) in [5, 5.41) is 31.4. The van der Waals surface area contributed by atoms with E-state index in [4.69, 9.17) is 0 Å². The number of aliphatic hydroxyl groups excluding tert-OH is 2. The summed E-state index contributed by atoms with van der Waals surface area (Å²) < 4.78 is 0. The summed E-state index contributed by atoms with van der Waals surface area (Å²) in [4.78, 5) is 4.79. The van der Waals surface area contributed by atoms with Crippen molar-refractivity contribution in [2.75, 3.05) is 45.9 Å². The summed E-state index contributed by atoms with van der Waals surface area (Å²) in [7, 11) is 0. The van der Waals surface area contributed by atoms with Gasteiger partial charge in [0.1, 0.15) is 0 Å². The van der Waals surface area contributed by atoms with E-state index in [0.717, 1.165) is 84.2 Å². The molecule has 0 aromatic heterocycles. The Kier molecular flexibility index (Phi) is 5.66. The second-order valence-corrected chi connectivity index (χ2v) is 11.6. The fourth-order valence-electron chi connectivity index (χ4n) is 8.04. The van der Waals surface area contributed by atoms with E-state index in [9.17, 15) is 15.3 Å². The molecule has 3 N–H and O–H groups in total. The normalized spacial score (nSPS) is 46.0. The summed E-state index contributed by atoms with van der Waals surface area (Å²) in [5.74, 6) is 1.07. The third kappa shape index (κ3) is 3.47. The maximum absolute atomic E-state index is 12.0. The molecule has 6 unspecified atom stereocenters. The molecule has 1 saturated heterocycles. The number of β-amino-alcohol motifs (C(OH)–C–C–N with tert-alkyl or cyclic N) is 2. The van der Waals surface area contributed by atoms with Crippen LogP contribution in [0.2, 0.25) is 0 Å². The number of hydrogen-bond donors (Lipinski definition) is 3. The predicted molar refractivity (Wildman–Crippen MR) is 123 cm³/mol. The largest absolute Gasteiger partial charge is 0.395 e. The highest BCUT2D eigenvalue weighted by molar-refractivity contribution is 5.39. The SMILES string of the molecule is CC12CCC(O)CC1=CC=C1C2CCC2(C)C1CCC2(O)CN1CCN(CCO)CC1. The van der Waals surface area contributed by atoms with Gasteiger partial charge in [-0.2, -0.15) is 0 Å². The molecule has 5 heteroatoms. The summed E-state index contributed by atoms with van der Waals surface area (Å²) >= 11 is 0. The van der Waals surface area contributed by atoms with Gasteiger partial charge in [0, 0.05) is 44.7 Å². The first-order valence-corrected chi connectivity index (χ1v) is 12.7. The van der Waals surface area contributed by atoms with Crippen LogP contribution in [0.1, 0.15) is 58.8 Å².